The Balaban J connectivity index is 3.18. The predicted octanol–water partition coefficient (Wildman–Crippen LogP) is 4.31. The second-order valence-corrected chi connectivity index (χ2v) is 4.19. The van der Waals surface area contributed by atoms with Crippen LogP contribution in [0, 0.1) is 0 Å². The van der Waals surface area contributed by atoms with E-state index in [2.05, 4.69) is 15.9 Å². The van der Waals surface area contributed by atoms with Crippen molar-refractivity contribution in [1.29, 1.82) is 0 Å². The highest BCUT2D eigenvalue weighted by Gasteiger charge is 2.31. The summed E-state index contributed by atoms with van der Waals surface area (Å²) >= 11 is 3.27. The fraction of sp³-hybridized carbons (Fsp3) is 0.455. The molecule has 5 heteroatoms. The van der Waals surface area contributed by atoms with Crippen LogP contribution in [0.2, 0.25) is 0 Å². The summed E-state index contributed by atoms with van der Waals surface area (Å²) in [5.74, 6) is 0. The van der Waals surface area contributed by atoms with Crippen LogP contribution in [0.1, 0.15) is 19.4 Å². The summed E-state index contributed by atoms with van der Waals surface area (Å²) in [6, 6.07) is 3.70. The summed E-state index contributed by atoms with van der Waals surface area (Å²) in [6.07, 6.45) is -4.29. The van der Waals surface area contributed by atoms with Crippen molar-refractivity contribution in [3.63, 3.8) is 0 Å². The Morgan fingerprint density at radius 2 is 1.75 bits per heavy atom. The molecule has 0 atom stereocenters. The molecule has 0 unspecified atom stereocenters. The zero-order valence-corrected chi connectivity index (χ0v) is 10.7. The van der Waals surface area contributed by atoms with Gasteiger partial charge in [0.25, 0.3) is 0 Å². The van der Waals surface area contributed by atoms with Gasteiger partial charge >= 0.3 is 6.18 Å². The van der Waals surface area contributed by atoms with Crippen molar-refractivity contribution in [2.45, 2.75) is 20.0 Å². The Morgan fingerprint density at radius 3 is 2.19 bits per heavy atom. The summed E-state index contributed by atoms with van der Waals surface area (Å²) in [4.78, 5) is 1.87. The minimum absolute atomic E-state index is 0.583. The lowest BCUT2D eigenvalue weighted by Crippen LogP contribution is -2.22. The average Bonchev–Trinajstić information content (AvgIpc) is 2.20. The molecule has 0 heterocycles. The number of halogens is 4. The first kappa shape index (κ1) is 13.4. The van der Waals surface area contributed by atoms with E-state index in [1.165, 1.54) is 12.1 Å². The minimum atomic E-state index is -4.29. The maximum Gasteiger partial charge on any atom is 0.416 e. The molecule has 0 bridgehead atoms. The van der Waals surface area contributed by atoms with Gasteiger partial charge in [0.15, 0.2) is 0 Å². The molecule has 0 spiro atoms. The van der Waals surface area contributed by atoms with Crippen LogP contribution < -0.4 is 4.90 Å². The molecule has 0 fully saturated rings. The van der Waals surface area contributed by atoms with E-state index < -0.39 is 11.7 Å². The quantitative estimate of drug-likeness (QED) is 0.803. The second-order valence-electron chi connectivity index (χ2n) is 3.34. The van der Waals surface area contributed by atoms with E-state index >= 15 is 0 Å². The first-order chi connectivity index (χ1) is 7.40. The van der Waals surface area contributed by atoms with Gasteiger partial charge in [-0.05, 0) is 48.0 Å². The molecule has 0 amide bonds. The SMILES string of the molecule is CCN(CC)c1cc(C(F)(F)F)ccc1Br. The first-order valence-corrected chi connectivity index (χ1v) is 5.81. The molecule has 16 heavy (non-hydrogen) atoms. The maximum atomic E-state index is 12.5. The highest BCUT2D eigenvalue weighted by atomic mass is 79.9. The van der Waals surface area contributed by atoms with E-state index in [9.17, 15) is 13.2 Å². The average molecular weight is 296 g/mol. The van der Waals surface area contributed by atoms with Crippen LogP contribution in [0.25, 0.3) is 0 Å². The summed E-state index contributed by atoms with van der Waals surface area (Å²) < 4.78 is 38.3. The number of hydrogen-bond acceptors (Lipinski definition) is 1. The van der Waals surface area contributed by atoms with Crippen LogP contribution in [0.15, 0.2) is 22.7 Å². The molecule has 1 nitrogen and oxygen atoms in total. The molecule has 0 N–H and O–H groups in total. The summed E-state index contributed by atoms with van der Waals surface area (Å²) in [7, 11) is 0. The largest absolute Gasteiger partial charge is 0.416 e. The first-order valence-electron chi connectivity index (χ1n) is 5.01. The highest BCUT2D eigenvalue weighted by molar-refractivity contribution is 9.10. The lowest BCUT2D eigenvalue weighted by molar-refractivity contribution is -0.137. The highest BCUT2D eigenvalue weighted by Crippen LogP contribution is 2.35. The molecule has 1 aromatic rings. The summed E-state index contributed by atoms with van der Waals surface area (Å²) in [6.45, 7) is 5.18. The Labute approximate surface area is 101 Å². The van der Waals surface area contributed by atoms with Crippen molar-refractivity contribution in [1.82, 2.24) is 0 Å². The maximum absolute atomic E-state index is 12.5. The van der Waals surface area contributed by atoms with E-state index in [0.29, 0.717) is 23.2 Å². The third kappa shape index (κ3) is 2.90. The number of hydrogen-bond donors (Lipinski definition) is 0. The van der Waals surface area contributed by atoms with E-state index in [-0.39, 0.29) is 0 Å². The van der Waals surface area contributed by atoms with Crippen molar-refractivity contribution in [2.24, 2.45) is 0 Å². The van der Waals surface area contributed by atoms with Gasteiger partial charge in [-0.15, -0.1) is 0 Å². The molecular formula is C11H13BrF3N. The molecule has 0 aliphatic rings. The van der Waals surface area contributed by atoms with Crippen LogP contribution in [0.5, 0.6) is 0 Å². The van der Waals surface area contributed by atoms with Gasteiger partial charge in [-0.1, -0.05) is 0 Å². The molecule has 1 rings (SSSR count). The summed E-state index contributed by atoms with van der Waals surface area (Å²) in [5, 5.41) is 0. The molecule has 1 aromatic carbocycles. The Hall–Kier alpha value is -0.710. The standard InChI is InChI=1S/C11H13BrF3N/c1-3-16(4-2)10-7-8(11(13,14)15)5-6-9(10)12/h5-7H,3-4H2,1-2H3. The number of alkyl halides is 3. The molecule has 0 aliphatic heterocycles. The topological polar surface area (TPSA) is 3.24 Å². The van der Waals surface area contributed by atoms with E-state index in [1.54, 1.807) is 0 Å². The molecule has 0 aromatic heterocycles. The number of anilines is 1. The van der Waals surface area contributed by atoms with Gasteiger partial charge in [0.05, 0.1) is 11.3 Å². The number of nitrogens with zero attached hydrogens (tertiary/aromatic N) is 1. The molecule has 0 saturated heterocycles. The van der Waals surface area contributed by atoms with Gasteiger partial charge in [-0.25, -0.2) is 0 Å². The summed E-state index contributed by atoms with van der Waals surface area (Å²) in [5.41, 5.74) is -0.0302. The van der Waals surface area contributed by atoms with Gasteiger partial charge in [0.2, 0.25) is 0 Å². The van der Waals surface area contributed by atoms with Crippen LogP contribution in [0.3, 0.4) is 0 Å². The van der Waals surface area contributed by atoms with Gasteiger partial charge in [0, 0.05) is 17.6 Å². The molecule has 0 saturated carbocycles. The van der Waals surface area contributed by atoms with Crippen LogP contribution in [-0.2, 0) is 6.18 Å². The van der Waals surface area contributed by atoms with Gasteiger partial charge in [0.1, 0.15) is 0 Å². The van der Waals surface area contributed by atoms with Gasteiger partial charge in [-0.3, -0.25) is 0 Å². The smallest absolute Gasteiger partial charge is 0.371 e. The van der Waals surface area contributed by atoms with Crippen molar-refractivity contribution >= 4 is 21.6 Å². The van der Waals surface area contributed by atoms with E-state index in [4.69, 9.17) is 0 Å². The molecular weight excluding hydrogens is 283 g/mol. The normalized spacial score (nSPS) is 11.6. The van der Waals surface area contributed by atoms with E-state index in [0.717, 1.165) is 6.07 Å². The van der Waals surface area contributed by atoms with Gasteiger partial charge in [-0.2, -0.15) is 13.2 Å². The number of benzene rings is 1. The zero-order chi connectivity index (χ0) is 12.3. The Morgan fingerprint density at radius 1 is 1.19 bits per heavy atom. The third-order valence-corrected chi connectivity index (χ3v) is 3.05. The minimum Gasteiger partial charge on any atom is -0.371 e. The second kappa shape index (κ2) is 5.08. The lowest BCUT2D eigenvalue weighted by atomic mass is 10.2. The predicted molar refractivity (Wildman–Crippen MR) is 62.7 cm³/mol. The monoisotopic (exact) mass is 295 g/mol. The molecule has 0 radical (unpaired) electrons. The van der Waals surface area contributed by atoms with Crippen molar-refractivity contribution in [2.75, 3.05) is 18.0 Å². The van der Waals surface area contributed by atoms with Crippen molar-refractivity contribution < 1.29 is 13.2 Å². The van der Waals surface area contributed by atoms with E-state index in [1.807, 2.05) is 18.7 Å². The van der Waals surface area contributed by atoms with Crippen LogP contribution in [0.4, 0.5) is 18.9 Å². The van der Waals surface area contributed by atoms with Crippen LogP contribution in [-0.4, -0.2) is 13.1 Å². The van der Waals surface area contributed by atoms with Crippen molar-refractivity contribution in [3.8, 4) is 0 Å². The van der Waals surface area contributed by atoms with Crippen molar-refractivity contribution in [3.05, 3.63) is 28.2 Å². The Bertz CT molecular complexity index is 359. The Kier molecular flexibility index (Phi) is 4.24. The third-order valence-electron chi connectivity index (χ3n) is 2.38. The fourth-order valence-electron chi connectivity index (χ4n) is 1.50. The zero-order valence-electron chi connectivity index (χ0n) is 9.11. The molecule has 0 aliphatic carbocycles. The van der Waals surface area contributed by atoms with Crippen LogP contribution >= 0.6 is 15.9 Å². The molecule has 90 valence electrons. The number of rotatable bonds is 3. The fourth-order valence-corrected chi connectivity index (χ4v) is 1.99. The van der Waals surface area contributed by atoms with Gasteiger partial charge < -0.3 is 4.90 Å². The lowest BCUT2D eigenvalue weighted by Gasteiger charge is -2.23.